The van der Waals surface area contributed by atoms with Crippen LogP contribution in [0.5, 0.6) is 0 Å². The third-order valence-corrected chi connectivity index (χ3v) is 2.51. The lowest BCUT2D eigenvalue weighted by molar-refractivity contribution is 0.190. The van der Waals surface area contributed by atoms with Crippen molar-refractivity contribution in [1.29, 1.82) is 0 Å². The number of hydrogen-bond acceptors (Lipinski definition) is 2. The summed E-state index contributed by atoms with van der Waals surface area (Å²) >= 11 is 0. The Morgan fingerprint density at radius 2 is 1.50 bits per heavy atom. The van der Waals surface area contributed by atoms with Gasteiger partial charge in [-0.15, -0.1) is 0 Å². The maximum Gasteiger partial charge on any atom is 0.0149 e. The van der Waals surface area contributed by atoms with Crippen LogP contribution in [-0.4, -0.2) is 12.1 Å². The van der Waals surface area contributed by atoms with E-state index in [0.29, 0.717) is 6.54 Å². The van der Waals surface area contributed by atoms with Gasteiger partial charge in [-0.2, -0.15) is 0 Å². The van der Waals surface area contributed by atoms with Crippen LogP contribution in [-0.2, 0) is 0 Å². The lowest BCUT2D eigenvalue weighted by Crippen LogP contribution is -2.48. The molecule has 0 fully saturated rings. The Morgan fingerprint density at radius 1 is 1.10 bits per heavy atom. The molecule has 2 nitrogen and oxygen atoms in total. The van der Waals surface area contributed by atoms with E-state index >= 15 is 0 Å². The molecule has 0 aliphatic carbocycles. The highest BCUT2D eigenvalue weighted by Gasteiger charge is 2.32. The summed E-state index contributed by atoms with van der Waals surface area (Å²) in [5, 5.41) is 0. The summed E-state index contributed by atoms with van der Waals surface area (Å²) in [6, 6.07) is 0. The number of nitrogens with two attached hydrogens (primary N) is 2. The van der Waals surface area contributed by atoms with Crippen molar-refractivity contribution in [3.05, 3.63) is 0 Å². The lowest BCUT2D eigenvalue weighted by Gasteiger charge is -2.38. The molecule has 2 heteroatoms. The predicted molar refractivity (Wildman–Crippen MR) is 45.7 cm³/mol. The standard InChI is InChI=1S/C8H20N2/c1-7(2,5-6-9)8(3,4)10/h5-6,9-10H2,1-4H3. The van der Waals surface area contributed by atoms with Gasteiger partial charge in [0.2, 0.25) is 0 Å². The molecule has 0 aromatic rings. The highest BCUT2D eigenvalue weighted by Crippen LogP contribution is 2.30. The second-order valence-electron chi connectivity index (χ2n) is 4.14. The van der Waals surface area contributed by atoms with E-state index in [1.54, 1.807) is 0 Å². The highest BCUT2D eigenvalue weighted by atomic mass is 14.8. The molecule has 0 heterocycles. The summed E-state index contributed by atoms with van der Waals surface area (Å²) in [6.45, 7) is 9.11. The zero-order valence-corrected chi connectivity index (χ0v) is 7.57. The normalized spacial score (nSPS) is 13.8. The first-order valence-corrected chi connectivity index (χ1v) is 3.80. The van der Waals surface area contributed by atoms with Crippen molar-refractivity contribution in [2.75, 3.05) is 6.54 Å². The maximum absolute atomic E-state index is 5.94. The Morgan fingerprint density at radius 3 is 1.60 bits per heavy atom. The molecule has 10 heavy (non-hydrogen) atoms. The molecular weight excluding hydrogens is 124 g/mol. The molecule has 0 aromatic heterocycles. The first-order valence-electron chi connectivity index (χ1n) is 3.80. The average Bonchev–Trinajstić information content (AvgIpc) is 1.61. The van der Waals surface area contributed by atoms with Crippen LogP contribution < -0.4 is 11.5 Å². The summed E-state index contributed by atoms with van der Waals surface area (Å²) < 4.78 is 0. The molecule has 0 unspecified atom stereocenters. The van der Waals surface area contributed by atoms with Crippen molar-refractivity contribution >= 4 is 0 Å². The van der Waals surface area contributed by atoms with Gasteiger partial charge < -0.3 is 11.5 Å². The maximum atomic E-state index is 5.94. The molecule has 0 aliphatic heterocycles. The van der Waals surface area contributed by atoms with E-state index < -0.39 is 0 Å². The topological polar surface area (TPSA) is 52.0 Å². The van der Waals surface area contributed by atoms with Crippen molar-refractivity contribution in [2.24, 2.45) is 16.9 Å². The van der Waals surface area contributed by atoms with Gasteiger partial charge in [0.1, 0.15) is 0 Å². The van der Waals surface area contributed by atoms with Gasteiger partial charge in [0.05, 0.1) is 0 Å². The highest BCUT2D eigenvalue weighted by molar-refractivity contribution is 4.89. The van der Waals surface area contributed by atoms with Gasteiger partial charge in [0, 0.05) is 5.54 Å². The van der Waals surface area contributed by atoms with Gasteiger partial charge in [-0.3, -0.25) is 0 Å². The number of rotatable bonds is 3. The van der Waals surface area contributed by atoms with Crippen LogP contribution in [0.2, 0.25) is 0 Å². The van der Waals surface area contributed by atoms with Crippen molar-refractivity contribution in [1.82, 2.24) is 0 Å². The van der Waals surface area contributed by atoms with E-state index in [1.165, 1.54) is 0 Å². The van der Waals surface area contributed by atoms with Gasteiger partial charge in [-0.1, -0.05) is 13.8 Å². The van der Waals surface area contributed by atoms with Crippen molar-refractivity contribution < 1.29 is 0 Å². The first kappa shape index (κ1) is 9.92. The van der Waals surface area contributed by atoms with Crippen molar-refractivity contribution in [3.63, 3.8) is 0 Å². The molecule has 0 radical (unpaired) electrons. The Kier molecular flexibility index (Phi) is 2.86. The second-order valence-corrected chi connectivity index (χ2v) is 4.14. The van der Waals surface area contributed by atoms with Gasteiger partial charge in [0.25, 0.3) is 0 Å². The summed E-state index contributed by atoms with van der Waals surface area (Å²) in [6.07, 6.45) is 0.983. The van der Waals surface area contributed by atoms with E-state index in [1.807, 2.05) is 13.8 Å². The zero-order chi connectivity index (χ0) is 8.41. The molecule has 4 N–H and O–H groups in total. The molecule has 0 aliphatic rings. The molecule has 62 valence electrons. The molecular formula is C8H20N2. The third kappa shape index (κ3) is 2.27. The SMILES string of the molecule is CC(C)(N)C(C)(C)CCN. The molecule has 0 saturated heterocycles. The van der Waals surface area contributed by atoms with Crippen LogP contribution in [0.25, 0.3) is 0 Å². The predicted octanol–water partition coefficient (Wildman–Crippen LogP) is 1.10. The lowest BCUT2D eigenvalue weighted by atomic mass is 9.73. The van der Waals surface area contributed by atoms with E-state index in [0.717, 1.165) is 6.42 Å². The fourth-order valence-corrected chi connectivity index (χ4v) is 0.683. The van der Waals surface area contributed by atoms with E-state index in [-0.39, 0.29) is 11.0 Å². The Hall–Kier alpha value is -0.0800. The zero-order valence-electron chi connectivity index (χ0n) is 7.57. The van der Waals surface area contributed by atoms with Crippen LogP contribution in [0.15, 0.2) is 0 Å². The van der Waals surface area contributed by atoms with Crippen LogP contribution in [0, 0.1) is 5.41 Å². The molecule has 0 rings (SSSR count). The average molecular weight is 144 g/mol. The summed E-state index contributed by atoms with van der Waals surface area (Å²) in [5.41, 5.74) is 11.4. The fourth-order valence-electron chi connectivity index (χ4n) is 0.683. The molecule has 0 aromatic carbocycles. The smallest absolute Gasteiger partial charge is 0.0149 e. The summed E-state index contributed by atoms with van der Waals surface area (Å²) in [7, 11) is 0. The molecule has 0 spiro atoms. The molecule has 0 atom stereocenters. The first-order chi connectivity index (χ1) is 4.31. The Labute approximate surface area is 64.0 Å². The van der Waals surface area contributed by atoms with Gasteiger partial charge >= 0.3 is 0 Å². The minimum atomic E-state index is -0.133. The number of hydrogen-bond donors (Lipinski definition) is 2. The van der Waals surface area contributed by atoms with Gasteiger partial charge in [-0.25, -0.2) is 0 Å². The van der Waals surface area contributed by atoms with Gasteiger partial charge in [-0.05, 0) is 32.2 Å². The molecule has 0 amide bonds. The van der Waals surface area contributed by atoms with Gasteiger partial charge in [0.15, 0.2) is 0 Å². The van der Waals surface area contributed by atoms with Crippen LogP contribution in [0.4, 0.5) is 0 Å². The van der Waals surface area contributed by atoms with E-state index in [9.17, 15) is 0 Å². The minimum absolute atomic E-state index is 0.133. The van der Waals surface area contributed by atoms with E-state index in [2.05, 4.69) is 13.8 Å². The van der Waals surface area contributed by atoms with Crippen LogP contribution >= 0.6 is 0 Å². The monoisotopic (exact) mass is 144 g/mol. The minimum Gasteiger partial charge on any atom is -0.330 e. The fraction of sp³-hybridized carbons (Fsp3) is 1.00. The quantitative estimate of drug-likeness (QED) is 0.623. The Bertz CT molecular complexity index is 100. The second kappa shape index (κ2) is 2.89. The summed E-state index contributed by atoms with van der Waals surface area (Å²) in [5.74, 6) is 0. The molecule has 0 saturated carbocycles. The van der Waals surface area contributed by atoms with Crippen molar-refractivity contribution in [3.8, 4) is 0 Å². The van der Waals surface area contributed by atoms with Crippen molar-refractivity contribution in [2.45, 2.75) is 39.7 Å². The summed E-state index contributed by atoms with van der Waals surface area (Å²) in [4.78, 5) is 0. The largest absolute Gasteiger partial charge is 0.330 e. The Balaban J connectivity index is 4.10. The third-order valence-electron chi connectivity index (χ3n) is 2.51. The van der Waals surface area contributed by atoms with E-state index in [4.69, 9.17) is 11.5 Å². The van der Waals surface area contributed by atoms with Crippen LogP contribution in [0.1, 0.15) is 34.1 Å². The molecule has 0 bridgehead atoms. The van der Waals surface area contributed by atoms with Crippen LogP contribution in [0.3, 0.4) is 0 Å².